The fourth-order valence-corrected chi connectivity index (χ4v) is 3.32. The van der Waals surface area contributed by atoms with E-state index >= 15 is 0 Å². The zero-order valence-corrected chi connectivity index (χ0v) is 19.3. The van der Waals surface area contributed by atoms with E-state index in [-0.39, 0.29) is 6.61 Å². The third-order valence-corrected chi connectivity index (χ3v) is 5.08. The minimum Gasteiger partial charge on any atom is -0.505 e. The first-order chi connectivity index (χ1) is 16.8. The van der Waals surface area contributed by atoms with Crippen LogP contribution in [0.5, 0.6) is 0 Å². The molecule has 34 heavy (non-hydrogen) atoms. The molecule has 0 aromatic heterocycles. The maximum absolute atomic E-state index is 9.87. The predicted molar refractivity (Wildman–Crippen MR) is 132 cm³/mol. The van der Waals surface area contributed by atoms with E-state index in [0.29, 0.717) is 25.5 Å². The smallest absolute Gasteiger partial charge is 0.131 e. The van der Waals surface area contributed by atoms with Crippen molar-refractivity contribution in [3.05, 3.63) is 120 Å². The largest absolute Gasteiger partial charge is 0.505 e. The van der Waals surface area contributed by atoms with Crippen LogP contribution in [0.15, 0.2) is 108 Å². The average molecular weight is 462 g/mol. The third kappa shape index (κ3) is 8.48. The second-order valence-corrected chi connectivity index (χ2v) is 7.61. The van der Waals surface area contributed by atoms with Gasteiger partial charge in [-0.25, -0.2) is 0 Å². The van der Waals surface area contributed by atoms with Crippen LogP contribution in [0, 0.1) is 0 Å². The van der Waals surface area contributed by atoms with Crippen LogP contribution in [0.2, 0.25) is 0 Å². The van der Waals surface area contributed by atoms with Crippen molar-refractivity contribution in [2.45, 2.75) is 32.0 Å². The topological polar surface area (TPSA) is 69.5 Å². The monoisotopic (exact) mass is 461 g/mol. The van der Waals surface area contributed by atoms with E-state index in [1.54, 1.807) is 13.2 Å². The van der Waals surface area contributed by atoms with Crippen LogP contribution in [0.25, 0.3) is 0 Å². The third-order valence-electron chi connectivity index (χ3n) is 5.08. The summed E-state index contributed by atoms with van der Waals surface area (Å²) < 4.78 is 23.4. The Bertz CT molecular complexity index is 993. The van der Waals surface area contributed by atoms with E-state index in [9.17, 15) is 5.21 Å². The first kappa shape index (κ1) is 25.2. The van der Waals surface area contributed by atoms with Crippen LogP contribution in [0.4, 0.5) is 0 Å². The molecule has 0 aliphatic rings. The van der Waals surface area contributed by atoms with Gasteiger partial charge < -0.3 is 24.2 Å². The minimum atomic E-state index is -0.698. The Kier molecular flexibility index (Phi) is 10.8. The maximum Gasteiger partial charge on any atom is 0.131 e. The molecule has 6 nitrogen and oxygen atoms in total. The van der Waals surface area contributed by atoms with Gasteiger partial charge in [-0.05, 0) is 22.8 Å². The summed E-state index contributed by atoms with van der Waals surface area (Å²) in [7, 11) is 1.56. The summed E-state index contributed by atoms with van der Waals surface area (Å²) in [6, 6.07) is 29.5. The van der Waals surface area contributed by atoms with E-state index in [0.717, 1.165) is 16.7 Å². The highest BCUT2D eigenvalue weighted by Crippen LogP contribution is 2.16. The molecule has 1 N–H and O–H groups in total. The molecule has 0 fully saturated rings. The predicted octanol–water partition coefficient (Wildman–Crippen LogP) is 5.36. The summed E-state index contributed by atoms with van der Waals surface area (Å²) in [5.74, 6) is 0. The number of benzene rings is 3. The Labute approximate surface area is 201 Å². The van der Waals surface area contributed by atoms with Crippen LogP contribution < -0.4 is 0 Å². The van der Waals surface area contributed by atoms with Crippen LogP contribution >= 0.6 is 0 Å². The fraction of sp³-hybridized carbons (Fsp3) is 0.250. The van der Waals surface area contributed by atoms with Gasteiger partial charge in [-0.2, -0.15) is 0 Å². The summed E-state index contributed by atoms with van der Waals surface area (Å²) >= 11 is 0. The molecule has 0 amide bonds. The van der Waals surface area contributed by atoms with Crippen molar-refractivity contribution in [1.82, 2.24) is 0 Å². The molecule has 0 spiro atoms. The molecule has 0 aliphatic carbocycles. The first-order valence-electron chi connectivity index (χ1n) is 11.1. The lowest BCUT2D eigenvalue weighted by atomic mass is 10.1. The minimum absolute atomic E-state index is 0.0802. The van der Waals surface area contributed by atoms with Crippen molar-refractivity contribution < 1.29 is 24.2 Å². The van der Waals surface area contributed by atoms with Crippen molar-refractivity contribution in [3.63, 3.8) is 0 Å². The van der Waals surface area contributed by atoms with Gasteiger partial charge in [0.15, 0.2) is 0 Å². The molecular formula is C28H31NO5. The summed E-state index contributed by atoms with van der Waals surface area (Å²) in [6.07, 6.45) is 2.01. The average Bonchev–Trinajstić information content (AvgIpc) is 2.90. The van der Waals surface area contributed by atoms with Crippen molar-refractivity contribution >= 4 is 5.71 Å². The number of oxime groups is 1. The first-order valence-corrected chi connectivity index (χ1v) is 11.1. The Morgan fingerprint density at radius 3 is 1.76 bits per heavy atom. The van der Waals surface area contributed by atoms with Gasteiger partial charge in [-0.1, -0.05) is 96.2 Å². The van der Waals surface area contributed by atoms with Gasteiger partial charge in [0.05, 0.1) is 39.8 Å². The molecule has 0 unspecified atom stereocenters. The lowest BCUT2D eigenvalue weighted by Gasteiger charge is -2.26. The second kappa shape index (κ2) is 14.6. The van der Waals surface area contributed by atoms with Crippen LogP contribution in [-0.4, -0.2) is 36.8 Å². The van der Waals surface area contributed by atoms with E-state index in [4.69, 9.17) is 18.9 Å². The summed E-state index contributed by atoms with van der Waals surface area (Å²) in [5.41, 5.74) is 3.36. The van der Waals surface area contributed by atoms with E-state index in [2.05, 4.69) is 5.16 Å². The normalized spacial score (nSPS) is 13.6. The Balaban J connectivity index is 1.75. The molecule has 0 heterocycles. The molecule has 0 aliphatic heterocycles. The zero-order valence-electron chi connectivity index (χ0n) is 19.3. The molecule has 6 heteroatoms. The van der Waals surface area contributed by atoms with Gasteiger partial charge in [-0.15, -0.1) is 0 Å². The van der Waals surface area contributed by atoms with Gasteiger partial charge in [0.25, 0.3) is 0 Å². The van der Waals surface area contributed by atoms with E-state index in [1.807, 2.05) is 91.0 Å². The molecular weight excluding hydrogens is 430 g/mol. The van der Waals surface area contributed by atoms with E-state index in [1.165, 1.54) is 6.26 Å². The van der Waals surface area contributed by atoms with Gasteiger partial charge in [0.2, 0.25) is 0 Å². The van der Waals surface area contributed by atoms with E-state index < -0.39 is 12.2 Å². The number of ether oxygens (including phenoxy) is 4. The highest BCUT2D eigenvalue weighted by molar-refractivity contribution is 5.90. The highest BCUT2D eigenvalue weighted by Gasteiger charge is 2.28. The number of methoxy groups -OCH3 is 1. The molecule has 2 atom stereocenters. The van der Waals surface area contributed by atoms with Crippen LogP contribution in [0.3, 0.4) is 0 Å². The molecule has 0 bridgehead atoms. The lowest BCUT2D eigenvalue weighted by molar-refractivity contribution is -0.0380. The molecule has 0 saturated heterocycles. The standard InChI is InChI=1S/C28H31NO5/c1-31-18-17-27(33-20-24-13-7-3-8-14-24)28(34-21-25-15-9-4-10-16-25)26(29-30)22-32-19-23-11-5-2-6-12-23/h2-18,27-28,30H,19-22H2,1H3/b18-17+,29-26+/t27-,28+/m1/s1. The lowest BCUT2D eigenvalue weighted by Crippen LogP contribution is -2.39. The summed E-state index contributed by atoms with van der Waals surface area (Å²) in [6.45, 7) is 1.13. The van der Waals surface area contributed by atoms with Crippen LogP contribution in [0.1, 0.15) is 16.7 Å². The Morgan fingerprint density at radius 1 is 0.765 bits per heavy atom. The number of hydrogen-bond acceptors (Lipinski definition) is 6. The molecule has 0 saturated carbocycles. The SMILES string of the molecule is CO/C=C/[C@@H](OCc1ccccc1)[C@@H](OCc1ccccc1)/C(COCc1ccccc1)=N/O. The molecule has 3 aromatic rings. The summed E-state index contributed by atoms with van der Waals surface area (Å²) in [4.78, 5) is 0. The van der Waals surface area contributed by atoms with Gasteiger partial charge >= 0.3 is 0 Å². The van der Waals surface area contributed by atoms with Gasteiger partial charge in [-0.3, -0.25) is 0 Å². The van der Waals surface area contributed by atoms with Crippen LogP contribution in [-0.2, 0) is 38.8 Å². The van der Waals surface area contributed by atoms with Crippen molar-refractivity contribution in [2.75, 3.05) is 13.7 Å². The quantitative estimate of drug-likeness (QED) is 0.151. The molecule has 3 aromatic carbocycles. The number of hydrogen-bond donors (Lipinski definition) is 1. The maximum atomic E-state index is 9.87. The highest BCUT2D eigenvalue weighted by atomic mass is 16.5. The molecule has 178 valence electrons. The second-order valence-electron chi connectivity index (χ2n) is 7.61. The van der Waals surface area contributed by atoms with Crippen molar-refractivity contribution in [3.8, 4) is 0 Å². The molecule has 3 rings (SSSR count). The molecule has 0 radical (unpaired) electrons. The van der Waals surface area contributed by atoms with Gasteiger partial charge in [0, 0.05) is 0 Å². The fourth-order valence-electron chi connectivity index (χ4n) is 3.32. The van der Waals surface area contributed by atoms with Crippen molar-refractivity contribution in [2.24, 2.45) is 5.16 Å². The Morgan fingerprint density at radius 2 is 1.26 bits per heavy atom. The number of nitrogens with zero attached hydrogens (tertiary/aromatic N) is 1. The summed E-state index contributed by atoms with van der Waals surface area (Å²) in [5, 5.41) is 13.4. The Hall–Kier alpha value is -3.45. The number of rotatable bonds is 14. The van der Waals surface area contributed by atoms with Gasteiger partial charge in [0.1, 0.15) is 17.9 Å². The zero-order chi connectivity index (χ0) is 23.8. The van der Waals surface area contributed by atoms with Crippen molar-refractivity contribution in [1.29, 1.82) is 0 Å².